The Morgan fingerprint density at radius 3 is 2.89 bits per heavy atom. The van der Waals surface area contributed by atoms with Gasteiger partial charge in [0, 0.05) is 17.6 Å². The molecule has 0 saturated carbocycles. The van der Waals surface area contributed by atoms with Gasteiger partial charge in [-0.2, -0.15) is 0 Å². The number of carbonyl (C=O) groups is 1. The van der Waals surface area contributed by atoms with E-state index < -0.39 is 11.8 Å². The average molecular weight is 249 g/mol. The number of benzene rings is 1. The molecule has 94 valence electrons. The van der Waals surface area contributed by atoms with Gasteiger partial charge >= 0.3 is 5.97 Å². The predicted molar refractivity (Wildman–Crippen MR) is 64.8 cm³/mol. The number of nitrogens with zero attached hydrogens (tertiary/aromatic N) is 1. The van der Waals surface area contributed by atoms with Gasteiger partial charge in [0.2, 0.25) is 0 Å². The second kappa shape index (κ2) is 5.00. The van der Waals surface area contributed by atoms with Crippen molar-refractivity contribution in [3.05, 3.63) is 46.5 Å². The monoisotopic (exact) mass is 249 g/mol. The van der Waals surface area contributed by atoms with Crippen molar-refractivity contribution in [1.82, 2.24) is 4.57 Å². The Kier molecular flexibility index (Phi) is 3.41. The van der Waals surface area contributed by atoms with Crippen LogP contribution in [0.2, 0.25) is 0 Å². The Bertz CT molecular complexity index is 648. The van der Waals surface area contributed by atoms with Crippen LogP contribution in [0.5, 0.6) is 0 Å². The van der Waals surface area contributed by atoms with Gasteiger partial charge in [-0.1, -0.05) is 0 Å². The fourth-order valence-corrected chi connectivity index (χ4v) is 1.76. The second-order valence-corrected chi connectivity index (χ2v) is 3.77. The molecule has 1 heterocycles. The fraction of sp³-hybridized carbons (Fsp3) is 0.231. The highest BCUT2D eigenvalue weighted by atomic mass is 19.1. The number of aromatic nitrogens is 1. The first-order chi connectivity index (χ1) is 8.61. The SMILES string of the molecule is CCOC(=O)Cn1ccc(=O)c2ccc(F)cc21. The first-order valence-corrected chi connectivity index (χ1v) is 5.56. The van der Waals surface area contributed by atoms with Crippen LogP contribution in [-0.4, -0.2) is 17.1 Å². The molecule has 1 aromatic heterocycles. The zero-order valence-corrected chi connectivity index (χ0v) is 9.85. The number of pyridine rings is 1. The van der Waals surface area contributed by atoms with Crippen molar-refractivity contribution < 1.29 is 13.9 Å². The van der Waals surface area contributed by atoms with E-state index in [1.165, 1.54) is 35.0 Å². The van der Waals surface area contributed by atoms with Gasteiger partial charge in [0.05, 0.1) is 12.1 Å². The Morgan fingerprint density at radius 2 is 2.17 bits per heavy atom. The molecular formula is C13H12FNO3. The van der Waals surface area contributed by atoms with Gasteiger partial charge in [0.15, 0.2) is 5.43 Å². The summed E-state index contributed by atoms with van der Waals surface area (Å²) in [5.74, 6) is -0.877. The smallest absolute Gasteiger partial charge is 0.325 e. The van der Waals surface area contributed by atoms with Crippen LogP contribution in [0.4, 0.5) is 4.39 Å². The number of carbonyl (C=O) groups excluding carboxylic acids is 1. The fourth-order valence-electron chi connectivity index (χ4n) is 1.76. The average Bonchev–Trinajstić information content (AvgIpc) is 2.33. The topological polar surface area (TPSA) is 48.3 Å². The minimum absolute atomic E-state index is 0.0475. The predicted octanol–water partition coefficient (Wildman–Crippen LogP) is 1.70. The van der Waals surface area contributed by atoms with Gasteiger partial charge < -0.3 is 9.30 Å². The molecule has 0 bridgehead atoms. The molecule has 2 rings (SSSR count). The minimum atomic E-state index is -0.453. The van der Waals surface area contributed by atoms with E-state index in [0.29, 0.717) is 10.9 Å². The van der Waals surface area contributed by atoms with Gasteiger partial charge in [-0.3, -0.25) is 9.59 Å². The normalized spacial score (nSPS) is 10.6. The van der Waals surface area contributed by atoms with E-state index in [1.807, 2.05) is 0 Å². The van der Waals surface area contributed by atoms with Crippen molar-refractivity contribution in [3.63, 3.8) is 0 Å². The van der Waals surface area contributed by atoms with Crippen LogP contribution in [0, 0.1) is 5.82 Å². The van der Waals surface area contributed by atoms with Crippen molar-refractivity contribution in [2.75, 3.05) is 6.61 Å². The molecule has 0 amide bonds. The number of esters is 1. The van der Waals surface area contributed by atoms with Gasteiger partial charge in [-0.15, -0.1) is 0 Å². The van der Waals surface area contributed by atoms with E-state index in [4.69, 9.17) is 4.74 Å². The first kappa shape index (κ1) is 12.3. The lowest BCUT2D eigenvalue weighted by molar-refractivity contribution is -0.143. The molecule has 0 unspecified atom stereocenters. The summed E-state index contributed by atoms with van der Waals surface area (Å²) in [7, 11) is 0. The van der Waals surface area contributed by atoms with Crippen LogP contribution in [0.1, 0.15) is 6.92 Å². The summed E-state index contributed by atoms with van der Waals surface area (Å²) in [6.07, 6.45) is 1.46. The maximum atomic E-state index is 13.2. The van der Waals surface area contributed by atoms with Crippen molar-refractivity contribution in [2.45, 2.75) is 13.5 Å². The third-order valence-corrected chi connectivity index (χ3v) is 2.55. The lowest BCUT2D eigenvalue weighted by Crippen LogP contribution is -2.16. The summed E-state index contributed by atoms with van der Waals surface area (Å²) >= 11 is 0. The number of fused-ring (bicyclic) bond motifs is 1. The summed E-state index contributed by atoms with van der Waals surface area (Å²) in [5, 5.41) is 0.378. The molecule has 18 heavy (non-hydrogen) atoms. The third-order valence-electron chi connectivity index (χ3n) is 2.55. The molecule has 0 aliphatic carbocycles. The Hall–Kier alpha value is -2.17. The van der Waals surface area contributed by atoms with E-state index >= 15 is 0 Å². The first-order valence-electron chi connectivity index (χ1n) is 5.56. The highest BCUT2D eigenvalue weighted by Crippen LogP contribution is 2.12. The molecule has 4 nitrogen and oxygen atoms in total. The molecule has 1 aromatic carbocycles. The lowest BCUT2D eigenvalue weighted by Gasteiger charge is -2.09. The molecule has 0 spiro atoms. The molecule has 2 aromatic rings. The summed E-state index contributed by atoms with van der Waals surface area (Å²) in [6.45, 7) is 1.94. The molecule has 0 fully saturated rings. The van der Waals surface area contributed by atoms with Gasteiger partial charge in [0.1, 0.15) is 12.4 Å². The van der Waals surface area contributed by atoms with Crippen molar-refractivity contribution in [1.29, 1.82) is 0 Å². The number of hydrogen-bond donors (Lipinski definition) is 0. The van der Waals surface area contributed by atoms with Crippen LogP contribution >= 0.6 is 0 Å². The number of rotatable bonds is 3. The van der Waals surface area contributed by atoms with Crippen molar-refractivity contribution in [2.24, 2.45) is 0 Å². The van der Waals surface area contributed by atoms with Gasteiger partial charge in [-0.05, 0) is 25.1 Å². The lowest BCUT2D eigenvalue weighted by atomic mass is 10.2. The zero-order valence-electron chi connectivity index (χ0n) is 9.85. The maximum absolute atomic E-state index is 13.2. The number of ether oxygens (including phenoxy) is 1. The van der Waals surface area contributed by atoms with Gasteiger partial charge in [-0.25, -0.2) is 4.39 Å². The summed E-state index contributed by atoms with van der Waals surface area (Å²) in [6, 6.07) is 5.21. The molecule has 5 heteroatoms. The quantitative estimate of drug-likeness (QED) is 0.778. The van der Waals surface area contributed by atoms with Crippen LogP contribution < -0.4 is 5.43 Å². The van der Waals surface area contributed by atoms with E-state index in [9.17, 15) is 14.0 Å². The third kappa shape index (κ3) is 2.40. The largest absolute Gasteiger partial charge is 0.465 e. The van der Waals surface area contributed by atoms with Crippen LogP contribution in [0.25, 0.3) is 10.9 Å². The van der Waals surface area contributed by atoms with Crippen molar-refractivity contribution in [3.8, 4) is 0 Å². The summed E-state index contributed by atoms with van der Waals surface area (Å²) in [4.78, 5) is 23.0. The standard InChI is InChI=1S/C13H12FNO3/c1-2-18-13(17)8-15-6-5-12(16)10-4-3-9(14)7-11(10)15/h3-7H,2,8H2,1H3. The minimum Gasteiger partial charge on any atom is -0.465 e. The zero-order chi connectivity index (χ0) is 13.1. The van der Waals surface area contributed by atoms with E-state index in [0.717, 1.165) is 0 Å². The number of hydrogen-bond acceptors (Lipinski definition) is 3. The summed E-state index contributed by atoms with van der Waals surface area (Å²) in [5.41, 5.74) is 0.181. The van der Waals surface area contributed by atoms with E-state index in [2.05, 4.69) is 0 Å². The molecule has 0 saturated heterocycles. The second-order valence-electron chi connectivity index (χ2n) is 3.77. The van der Waals surface area contributed by atoms with Crippen molar-refractivity contribution >= 4 is 16.9 Å². The summed E-state index contributed by atoms with van der Waals surface area (Å²) < 4.78 is 19.5. The Morgan fingerprint density at radius 1 is 1.39 bits per heavy atom. The Balaban J connectivity index is 2.51. The van der Waals surface area contributed by atoms with Crippen LogP contribution in [0.15, 0.2) is 35.3 Å². The van der Waals surface area contributed by atoms with E-state index in [-0.39, 0.29) is 18.6 Å². The molecule has 0 N–H and O–H groups in total. The highest BCUT2D eigenvalue weighted by Gasteiger charge is 2.08. The Labute approximate surface area is 103 Å². The molecule has 0 atom stereocenters. The molecule has 0 aliphatic heterocycles. The molecular weight excluding hydrogens is 237 g/mol. The van der Waals surface area contributed by atoms with Crippen LogP contribution in [0.3, 0.4) is 0 Å². The van der Waals surface area contributed by atoms with Gasteiger partial charge in [0.25, 0.3) is 0 Å². The molecule has 0 radical (unpaired) electrons. The maximum Gasteiger partial charge on any atom is 0.325 e. The van der Waals surface area contributed by atoms with Crippen LogP contribution in [-0.2, 0) is 16.1 Å². The molecule has 0 aliphatic rings. The van der Waals surface area contributed by atoms with E-state index in [1.54, 1.807) is 6.92 Å². The number of halogens is 1. The highest BCUT2D eigenvalue weighted by molar-refractivity contribution is 5.80.